The smallest absolute Gasteiger partial charge is 0.305 e. The van der Waals surface area contributed by atoms with Gasteiger partial charge in [-0.3, -0.25) is 9.59 Å². The van der Waals surface area contributed by atoms with Crippen LogP contribution in [0.2, 0.25) is 0 Å². The second-order valence-electron chi connectivity index (χ2n) is 3.18. The number of benzene rings is 1. The molecule has 0 heterocycles. The Kier molecular flexibility index (Phi) is 5.05. The van der Waals surface area contributed by atoms with Gasteiger partial charge in [0.25, 0.3) is 0 Å². The van der Waals surface area contributed by atoms with E-state index in [9.17, 15) is 9.59 Å². The fourth-order valence-corrected chi connectivity index (χ4v) is 1.21. The van der Waals surface area contributed by atoms with E-state index in [2.05, 4.69) is 4.74 Å². The van der Waals surface area contributed by atoms with Crippen LogP contribution in [0, 0.1) is 0 Å². The first-order valence-corrected chi connectivity index (χ1v) is 5.01. The van der Waals surface area contributed by atoms with Gasteiger partial charge in [-0.15, -0.1) is 0 Å². The van der Waals surface area contributed by atoms with Gasteiger partial charge in [-0.2, -0.15) is 0 Å². The van der Waals surface area contributed by atoms with E-state index in [1.807, 2.05) is 0 Å². The molecule has 0 spiro atoms. The molecule has 0 aliphatic carbocycles. The monoisotopic (exact) mass is 222 g/mol. The van der Waals surface area contributed by atoms with Crippen LogP contribution in [0.4, 0.5) is 0 Å². The van der Waals surface area contributed by atoms with E-state index in [0.717, 1.165) is 6.29 Å². The third kappa shape index (κ3) is 3.73. The van der Waals surface area contributed by atoms with Crippen molar-refractivity contribution in [1.29, 1.82) is 0 Å². The van der Waals surface area contributed by atoms with Crippen LogP contribution >= 0.6 is 0 Å². The summed E-state index contributed by atoms with van der Waals surface area (Å²) in [6, 6.07) is 6.97. The van der Waals surface area contributed by atoms with Gasteiger partial charge < -0.3 is 9.47 Å². The van der Waals surface area contributed by atoms with Gasteiger partial charge in [-0.05, 0) is 18.6 Å². The minimum absolute atomic E-state index is 0.257. The number of ether oxygens (including phenoxy) is 2. The molecule has 4 nitrogen and oxygen atoms in total. The van der Waals surface area contributed by atoms with Crippen molar-refractivity contribution in [1.82, 2.24) is 0 Å². The molecule has 0 N–H and O–H groups in total. The number of esters is 1. The third-order valence-electron chi connectivity index (χ3n) is 2.06. The fourth-order valence-electron chi connectivity index (χ4n) is 1.21. The molecule has 86 valence electrons. The summed E-state index contributed by atoms with van der Waals surface area (Å²) >= 11 is 0. The Bertz CT molecular complexity index is 360. The van der Waals surface area contributed by atoms with Crippen LogP contribution in [0.15, 0.2) is 24.3 Å². The van der Waals surface area contributed by atoms with Crippen molar-refractivity contribution in [2.45, 2.75) is 12.8 Å². The molecule has 0 fully saturated rings. The van der Waals surface area contributed by atoms with Crippen molar-refractivity contribution >= 4 is 12.3 Å². The molecular formula is C12H14O4. The molecule has 0 saturated heterocycles. The Hall–Kier alpha value is -1.84. The molecule has 0 amide bonds. The number of hydrogen-bond donors (Lipinski definition) is 0. The van der Waals surface area contributed by atoms with Crippen molar-refractivity contribution in [2.24, 2.45) is 0 Å². The lowest BCUT2D eigenvalue weighted by Gasteiger charge is -2.07. The summed E-state index contributed by atoms with van der Waals surface area (Å²) in [7, 11) is 1.35. The molecule has 1 aromatic carbocycles. The van der Waals surface area contributed by atoms with E-state index in [-0.39, 0.29) is 5.97 Å². The first kappa shape index (κ1) is 12.2. The normalized spacial score (nSPS) is 9.56. The summed E-state index contributed by atoms with van der Waals surface area (Å²) in [5.41, 5.74) is 0.514. The van der Waals surface area contributed by atoms with Gasteiger partial charge in [-0.1, -0.05) is 12.1 Å². The fraction of sp³-hybridized carbons (Fsp3) is 0.333. The van der Waals surface area contributed by atoms with E-state index >= 15 is 0 Å². The van der Waals surface area contributed by atoms with Crippen molar-refractivity contribution in [3.05, 3.63) is 29.8 Å². The highest BCUT2D eigenvalue weighted by Crippen LogP contribution is 2.15. The maximum absolute atomic E-state index is 10.8. The number of rotatable bonds is 6. The van der Waals surface area contributed by atoms with Gasteiger partial charge >= 0.3 is 5.97 Å². The van der Waals surface area contributed by atoms with Crippen LogP contribution in [-0.4, -0.2) is 26.0 Å². The predicted octanol–water partition coefficient (Wildman–Crippen LogP) is 1.83. The molecule has 16 heavy (non-hydrogen) atoms. The zero-order chi connectivity index (χ0) is 11.8. The predicted molar refractivity (Wildman–Crippen MR) is 58.6 cm³/mol. The highest BCUT2D eigenvalue weighted by atomic mass is 16.5. The largest absolute Gasteiger partial charge is 0.493 e. The number of carbonyl (C=O) groups is 2. The Morgan fingerprint density at radius 1 is 1.38 bits per heavy atom. The Morgan fingerprint density at radius 3 is 2.81 bits per heavy atom. The van der Waals surface area contributed by atoms with Gasteiger partial charge in [0.2, 0.25) is 0 Å². The summed E-state index contributed by atoms with van der Waals surface area (Å²) in [5, 5.41) is 0. The maximum atomic E-state index is 10.8. The molecule has 0 radical (unpaired) electrons. The summed E-state index contributed by atoms with van der Waals surface area (Å²) in [4.78, 5) is 21.5. The van der Waals surface area contributed by atoms with Crippen molar-refractivity contribution in [3.63, 3.8) is 0 Å². The van der Waals surface area contributed by atoms with Crippen LogP contribution in [0.3, 0.4) is 0 Å². The number of carbonyl (C=O) groups excluding carboxylic acids is 2. The molecule has 0 atom stereocenters. The van der Waals surface area contributed by atoms with Crippen molar-refractivity contribution in [3.8, 4) is 5.75 Å². The summed E-state index contributed by atoms with van der Waals surface area (Å²) in [6.45, 7) is 0.389. The van der Waals surface area contributed by atoms with Crippen LogP contribution in [-0.2, 0) is 9.53 Å². The zero-order valence-corrected chi connectivity index (χ0v) is 9.14. The molecule has 0 aliphatic rings. The topological polar surface area (TPSA) is 52.6 Å². The second-order valence-corrected chi connectivity index (χ2v) is 3.18. The first-order chi connectivity index (χ1) is 7.77. The number of methoxy groups -OCH3 is 1. The lowest BCUT2D eigenvalue weighted by atomic mass is 10.2. The van der Waals surface area contributed by atoms with Gasteiger partial charge in [0.05, 0.1) is 19.3 Å². The standard InChI is InChI=1S/C12H14O4/c1-15-12(14)7-4-8-16-11-6-3-2-5-10(11)9-13/h2-3,5-6,9H,4,7-8H2,1H3. The minimum Gasteiger partial charge on any atom is -0.493 e. The lowest BCUT2D eigenvalue weighted by Crippen LogP contribution is -2.05. The van der Waals surface area contributed by atoms with E-state index in [0.29, 0.717) is 30.8 Å². The molecule has 0 aromatic heterocycles. The average molecular weight is 222 g/mol. The van der Waals surface area contributed by atoms with Crippen LogP contribution < -0.4 is 4.74 Å². The number of para-hydroxylation sites is 1. The number of hydrogen-bond acceptors (Lipinski definition) is 4. The average Bonchev–Trinajstić information content (AvgIpc) is 2.34. The van der Waals surface area contributed by atoms with Crippen molar-refractivity contribution < 1.29 is 19.1 Å². The highest BCUT2D eigenvalue weighted by Gasteiger charge is 2.03. The summed E-state index contributed by atoms with van der Waals surface area (Å²) < 4.78 is 9.88. The van der Waals surface area contributed by atoms with Crippen LogP contribution in [0.25, 0.3) is 0 Å². The zero-order valence-electron chi connectivity index (χ0n) is 9.14. The van der Waals surface area contributed by atoms with E-state index in [4.69, 9.17) is 4.74 Å². The number of aldehydes is 1. The van der Waals surface area contributed by atoms with Crippen LogP contribution in [0.1, 0.15) is 23.2 Å². The molecule has 0 aliphatic heterocycles. The molecule has 0 saturated carbocycles. The summed E-state index contributed by atoms with van der Waals surface area (Å²) in [5.74, 6) is 0.287. The lowest BCUT2D eigenvalue weighted by molar-refractivity contribution is -0.140. The van der Waals surface area contributed by atoms with Gasteiger partial charge in [-0.25, -0.2) is 0 Å². The molecule has 0 bridgehead atoms. The quantitative estimate of drug-likeness (QED) is 0.418. The van der Waals surface area contributed by atoms with Crippen molar-refractivity contribution in [2.75, 3.05) is 13.7 Å². The Morgan fingerprint density at radius 2 is 2.12 bits per heavy atom. The Balaban J connectivity index is 2.37. The SMILES string of the molecule is COC(=O)CCCOc1ccccc1C=O. The van der Waals surface area contributed by atoms with Gasteiger partial charge in [0.1, 0.15) is 5.75 Å². The molecule has 4 heteroatoms. The van der Waals surface area contributed by atoms with Gasteiger partial charge in [0.15, 0.2) is 6.29 Å². The highest BCUT2D eigenvalue weighted by molar-refractivity contribution is 5.79. The second kappa shape index (κ2) is 6.61. The molecule has 1 aromatic rings. The van der Waals surface area contributed by atoms with E-state index in [1.165, 1.54) is 7.11 Å². The molecule has 1 rings (SSSR count). The van der Waals surface area contributed by atoms with Gasteiger partial charge in [0, 0.05) is 6.42 Å². The minimum atomic E-state index is -0.257. The first-order valence-electron chi connectivity index (χ1n) is 5.01. The van der Waals surface area contributed by atoms with E-state index < -0.39 is 0 Å². The van der Waals surface area contributed by atoms with Crippen LogP contribution in [0.5, 0.6) is 5.75 Å². The third-order valence-corrected chi connectivity index (χ3v) is 2.06. The molecular weight excluding hydrogens is 208 g/mol. The maximum Gasteiger partial charge on any atom is 0.305 e. The Labute approximate surface area is 94.2 Å². The van der Waals surface area contributed by atoms with E-state index in [1.54, 1.807) is 24.3 Å². The summed E-state index contributed by atoms with van der Waals surface area (Å²) in [6.07, 6.45) is 1.63. The molecule has 0 unspecified atom stereocenters.